The standard InChI is InChI=1S/C15H18N2OS2.C7H10N2O2/c1-13-4-6-14(7-5-13)16-8-10-17(11-9-16)20(18)15-3-2-12-19-15;1-9-6(11)8-5(10)7(9)3-2-4-7/h2-7,12H,8-11H2,1H3;2-4H2,1H3,(H,8,10,11). The molecule has 1 aromatic heterocycles. The highest BCUT2D eigenvalue weighted by Crippen LogP contribution is 2.39. The van der Waals surface area contributed by atoms with Gasteiger partial charge in [0.1, 0.15) is 20.7 Å². The summed E-state index contributed by atoms with van der Waals surface area (Å²) in [7, 11) is 0.691. The van der Waals surface area contributed by atoms with Crippen LogP contribution in [0.4, 0.5) is 10.5 Å². The van der Waals surface area contributed by atoms with Gasteiger partial charge in [-0.05, 0) is 49.8 Å². The molecule has 5 rings (SSSR count). The van der Waals surface area contributed by atoms with Crippen molar-refractivity contribution in [1.29, 1.82) is 0 Å². The predicted molar refractivity (Wildman–Crippen MR) is 124 cm³/mol. The highest BCUT2D eigenvalue weighted by Gasteiger charge is 2.54. The second-order valence-corrected chi connectivity index (χ2v) is 10.8. The van der Waals surface area contributed by atoms with Gasteiger partial charge in [-0.1, -0.05) is 23.8 Å². The zero-order chi connectivity index (χ0) is 22.0. The molecular formula is C22H28N4O3S2. The minimum Gasteiger partial charge on any atom is -0.369 e. The van der Waals surface area contributed by atoms with Gasteiger partial charge in [-0.2, -0.15) is 0 Å². The molecule has 3 heterocycles. The maximum atomic E-state index is 12.4. The Morgan fingerprint density at radius 1 is 1.03 bits per heavy atom. The fourth-order valence-corrected chi connectivity index (χ4v) is 6.28. The van der Waals surface area contributed by atoms with Gasteiger partial charge in [0.2, 0.25) is 0 Å². The molecule has 7 nitrogen and oxygen atoms in total. The van der Waals surface area contributed by atoms with E-state index in [9.17, 15) is 13.8 Å². The molecule has 1 unspecified atom stereocenters. The number of carbonyl (C=O) groups is 2. The van der Waals surface area contributed by atoms with Crippen molar-refractivity contribution >= 4 is 39.9 Å². The quantitative estimate of drug-likeness (QED) is 0.715. The first-order valence-corrected chi connectivity index (χ1v) is 12.5. The van der Waals surface area contributed by atoms with E-state index in [1.807, 2.05) is 17.5 Å². The van der Waals surface area contributed by atoms with E-state index in [1.165, 1.54) is 16.2 Å². The molecule has 3 amide bonds. The summed E-state index contributed by atoms with van der Waals surface area (Å²) in [6, 6.07) is 12.3. The number of hydrogen-bond donors (Lipinski definition) is 1. The third-order valence-electron chi connectivity index (χ3n) is 6.31. The van der Waals surface area contributed by atoms with Crippen LogP contribution in [0.1, 0.15) is 24.8 Å². The molecule has 1 atom stereocenters. The van der Waals surface area contributed by atoms with E-state index >= 15 is 0 Å². The molecule has 166 valence electrons. The molecule has 1 aromatic carbocycles. The number of benzene rings is 1. The summed E-state index contributed by atoms with van der Waals surface area (Å²) in [6.07, 6.45) is 2.69. The van der Waals surface area contributed by atoms with Crippen LogP contribution in [0.5, 0.6) is 0 Å². The van der Waals surface area contributed by atoms with Crippen LogP contribution >= 0.6 is 11.3 Å². The molecule has 2 saturated heterocycles. The van der Waals surface area contributed by atoms with Crippen molar-refractivity contribution in [2.45, 2.75) is 35.9 Å². The first-order valence-electron chi connectivity index (χ1n) is 10.5. The Bertz CT molecular complexity index is 950. The summed E-state index contributed by atoms with van der Waals surface area (Å²) in [5.74, 6) is -0.115. The molecule has 2 aromatic rings. The summed E-state index contributed by atoms with van der Waals surface area (Å²) in [4.78, 5) is 26.1. The number of likely N-dealkylation sites (N-methyl/N-ethyl adjacent to an activating group) is 1. The zero-order valence-corrected chi connectivity index (χ0v) is 19.5. The van der Waals surface area contributed by atoms with E-state index in [-0.39, 0.29) is 11.9 Å². The van der Waals surface area contributed by atoms with Crippen molar-refractivity contribution in [2.24, 2.45) is 0 Å². The number of imide groups is 1. The smallest absolute Gasteiger partial charge is 0.324 e. The lowest BCUT2D eigenvalue weighted by Gasteiger charge is -2.40. The first kappa shape index (κ1) is 22.0. The summed E-state index contributed by atoms with van der Waals surface area (Å²) in [5, 5.41) is 4.29. The number of rotatable bonds is 3. The fraction of sp³-hybridized carbons (Fsp3) is 0.455. The van der Waals surface area contributed by atoms with Gasteiger partial charge in [0.15, 0.2) is 0 Å². The minimum atomic E-state index is -0.989. The molecular weight excluding hydrogens is 432 g/mol. The number of hydrogen-bond acceptors (Lipinski definition) is 5. The maximum Gasteiger partial charge on any atom is 0.324 e. The van der Waals surface area contributed by atoms with Gasteiger partial charge in [-0.15, -0.1) is 11.3 Å². The van der Waals surface area contributed by atoms with E-state index in [0.29, 0.717) is 0 Å². The minimum absolute atomic E-state index is 0.115. The van der Waals surface area contributed by atoms with Crippen LogP contribution in [0.25, 0.3) is 0 Å². The molecule has 3 aliphatic rings. The van der Waals surface area contributed by atoms with Crippen LogP contribution in [-0.2, 0) is 15.8 Å². The van der Waals surface area contributed by atoms with Crippen LogP contribution in [0.3, 0.4) is 0 Å². The molecule has 1 aliphatic carbocycles. The van der Waals surface area contributed by atoms with Crippen molar-refractivity contribution in [2.75, 3.05) is 38.1 Å². The Kier molecular flexibility index (Phi) is 6.45. The number of thiophene rings is 1. The van der Waals surface area contributed by atoms with Gasteiger partial charge in [-0.25, -0.2) is 13.3 Å². The lowest BCUT2D eigenvalue weighted by Crippen LogP contribution is -2.53. The van der Waals surface area contributed by atoms with E-state index in [2.05, 4.69) is 45.7 Å². The van der Waals surface area contributed by atoms with Gasteiger partial charge >= 0.3 is 6.03 Å². The van der Waals surface area contributed by atoms with Crippen molar-refractivity contribution in [3.8, 4) is 0 Å². The maximum absolute atomic E-state index is 12.4. The third kappa shape index (κ3) is 4.40. The van der Waals surface area contributed by atoms with Crippen LogP contribution in [0.2, 0.25) is 0 Å². The summed E-state index contributed by atoms with van der Waals surface area (Å²) in [5.41, 5.74) is 2.08. The van der Waals surface area contributed by atoms with Gasteiger partial charge in [0, 0.05) is 38.9 Å². The molecule has 2 aliphatic heterocycles. The zero-order valence-electron chi connectivity index (χ0n) is 17.9. The normalized spacial score (nSPS) is 21.4. The monoisotopic (exact) mass is 460 g/mol. The van der Waals surface area contributed by atoms with Crippen molar-refractivity contribution in [3.63, 3.8) is 0 Å². The van der Waals surface area contributed by atoms with Crippen LogP contribution in [-0.4, -0.2) is 64.1 Å². The largest absolute Gasteiger partial charge is 0.369 e. The Morgan fingerprint density at radius 3 is 2.16 bits per heavy atom. The van der Waals surface area contributed by atoms with Crippen molar-refractivity contribution < 1.29 is 13.8 Å². The van der Waals surface area contributed by atoms with Gasteiger partial charge in [-0.3, -0.25) is 10.1 Å². The Balaban J connectivity index is 0.000000177. The first-order chi connectivity index (χ1) is 14.9. The third-order valence-corrected chi connectivity index (χ3v) is 9.00. The van der Waals surface area contributed by atoms with Crippen LogP contribution < -0.4 is 10.2 Å². The molecule has 1 spiro atoms. The number of urea groups is 1. The van der Waals surface area contributed by atoms with E-state index in [1.54, 1.807) is 18.4 Å². The molecule has 9 heteroatoms. The second-order valence-electron chi connectivity index (χ2n) is 8.14. The Hall–Kier alpha value is -2.23. The number of amides is 3. The highest BCUT2D eigenvalue weighted by molar-refractivity contribution is 7.85. The molecule has 1 N–H and O–H groups in total. The number of carbonyl (C=O) groups excluding carboxylic acids is 2. The number of nitrogens with one attached hydrogen (secondary N) is 1. The molecule has 0 radical (unpaired) electrons. The average molecular weight is 461 g/mol. The lowest BCUT2D eigenvalue weighted by atomic mass is 9.76. The highest BCUT2D eigenvalue weighted by atomic mass is 32.2. The van der Waals surface area contributed by atoms with E-state index in [0.717, 1.165) is 49.7 Å². The van der Waals surface area contributed by atoms with Crippen molar-refractivity contribution in [3.05, 3.63) is 47.3 Å². The second kappa shape index (κ2) is 9.10. The van der Waals surface area contributed by atoms with Crippen LogP contribution in [0.15, 0.2) is 46.0 Å². The number of piperazine rings is 1. The van der Waals surface area contributed by atoms with Gasteiger partial charge < -0.3 is 9.80 Å². The fourth-order valence-electron chi connectivity index (χ4n) is 4.08. The molecule has 0 bridgehead atoms. The summed E-state index contributed by atoms with van der Waals surface area (Å²) < 4.78 is 15.4. The predicted octanol–water partition coefficient (Wildman–Crippen LogP) is 2.99. The van der Waals surface area contributed by atoms with Gasteiger partial charge in [0.25, 0.3) is 5.91 Å². The van der Waals surface area contributed by atoms with E-state index in [4.69, 9.17) is 0 Å². The lowest BCUT2D eigenvalue weighted by molar-refractivity contribution is -0.130. The summed E-state index contributed by atoms with van der Waals surface area (Å²) in [6.45, 7) is 5.66. The number of anilines is 1. The Morgan fingerprint density at radius 2 is 1.71 bits per heavy atom. The molecule has 31 heavy (non-hydrogen) atoms. The van der Waals surface area contributed by atoms with Crippen LogP contribution in [0, 0.1) is 6.92 Å². The SMILES string of the molecule is CN1C(=O)NC(=O)C12CCC2.Cc1ccc(N2CCN(S(=O)c3cccs3)CC2)cc1. The molecule has 1 saturated carbocycles. The Labute approximate surface area is 189 Å². The van der Waals surface area contributed by atoms with Gasteiger partial charge in [0.05, 0.1) is 0 Å². The number of aryl methyl sites for hydroxylation is 1. The average Bonchev–Trinajstić information content (AvgIpc) is 3.35. The topological polar surface area (TPSA) is 73.0 Å². The van der Waals surface area contributed by atoms with Crippen molar-refractivity contribution in [1.82, 2.24) is 14.5 Å². The summed E-state index contributed by atoms with van der Waals surface area (Å²) >= 11 is 1.57. The molecule has 3 fully saturated rings. The number of nitrogens with zero attached hydrogens (tertiary/aromatic N) is 3. The van der Waals surface area contributed by atoms with E-state index < -0.39 is 16.5 Å².